The van der Waals surface area contributed by atoms with Gasteiger partial charge in [0.25, 0.3) is 5.91 Å². The van der Waals surface area contributed by atoms with Crippen molar-refractivity contribution < 1.29 is 41.7 Å². The van der Waals surface area contributed by atoms with Gasteiger partial charge in [0.05, 0.1) is 56.1 Å². The van der Waals surface area contributed by atoms with Crippen molar-refractivity contribution >= 4 is 33.3 Å². The summed E-state index contributed by atoms with van der Waals surface area (Å²) >= 11 is 0. The highest BCUT2D eigenvalue weighted by Crippen LogP contribution is 2.29. The van der Waals surface area contributed by atoms with Crippen molar-refractivity contribution in [1.82, 2.24) is 9.21 Å². The molecule has 1 heterocycles. The molecule has 58 heavy (non-hydrogen) atoms. The van der Waals surface area contributed by atoms with Crippen LogP contribution in [-0.4, -0.2) is 95.4 Å². The van der Waals surface area contributed by atoms with Gasteiger partial charge in [-0.05, 0) is 105 Å². The number of sulfonamides is 1. The fraction of sp³-hybridized carbons (Fsp3) is 0.409. The Bertz CT molecular complexity index is 2030. The first-order valence-electron chi connectivity index (χ1n) is 19.5. The molecule has 0 bridgehead atoms. The van der Waals surface area contributed by atoms with Gasteiger partial charge in [0.1, 0.15) is 17.2 Å². The molecule has 312 valence electrons. The summed E-state index contributed by atoms with van der Waals surface area (Å²) in [6.45, 7) is 7.01. The van der Waals surface area contributed by atoms with Gasteiger partial charge in [-0.3, -0.25) is 4.79 Å². The van der Waals surface area contributed by atoms with Gasteiger partial charge in [0.15, 0.2) is 0 Å². The number of amides is 3. The topological polar surface area (TPSA) is 145 Å². The van der Waals surface area contributed by atoms with E-state index < -0.39 is 28.2 Å². The van der Waals surface area contributed by atoms with Crippen LogP contribution in [0.5, 0.6) is 17.2 Å². The van der Waals surface area contributed by atoms with E-state index in [4.69, 9.17) is 23.7 Å². The number of fused-ring (bicyclic) bond motifs is 1. The molecule has 1 aliphatic rings. The van der Waals surface area contributed by atoms with Gasteiger partial charge in [-0.1, -0.05) is 37.3 Å². The maximum atomic E-state index is 14.9. The molecule has 0 spiro atoms. The summed E-state index contributed by atoms with van der Waals surface area (Å²) in [5, 5.41) is 5.67. The van der Waals surface area contributed by atoms with Crippen LogP contribution >= 0.6 is 0 Å². The number of hydrogen-bond acceptors (Lipinski definition) is 9. The lowest BCUT2D eigenvalue weighted by atomic mass is 10.0. The highest BCUT2D eigenvalue weighted by Gasteiger charge is 2.33. The molecular formula is C44H56N4O9S. The first-order valence-corrected chi connectivity index (χ1v) is 21.0. The van der Waals surface area contributed by atoms with Crippen LogP contribution in [0.1, 0.15) is 56.0 Å². The van der Waals surface area contributed by atoms with Gasteiger partial charge < -0.3 is 39.2 Å². The van der Waals surface area contributed by atoms with E-state index in [1.165, 1.54) is 30.6 Å². The first kappa shape index (κ1) is 44.0. The minimum Gasteiger partial charge on any atom is -0.497 e. The van der Waals surface area contributed by atoms with Crippen LogP contribution in [0.25, 0.3) is 0 Å². The molecule has 2 N–H and O–H groups in total. The number of likely N-dealkylation sites (N-methyl/N-ethyl adjacent to an activating group) is 1. The number of urea groups is 1. The Morgan fingerprint density at radius 1 is 0.897 bits per heavy atom. The molecule has 0 saturated carbocycles. The standard InChI is InChI=1S/C44H56N4O9S/c1-31-27-48(32(2)29-55-30-34-15-18-37(53-5)19-16-34)43(49)40-26-36(46-44(50)45-35-13-8-7-9-14-35)17-24-41(40)57-33(3)12-10-11-25-56-42(31)28-47(4)58(51,52)39-22-20-38(54-6)21-23-39/h7-9,13-24,26,31-33,42H,10-12,25,27-30H2,1-6H3,(H2,45,46,50)/t31-,32+,33+,42+/m1/s1. The Morgan fingerprint density at radius 2 is 1.55 bits per heavy atom. The number of benzene rings is 4. The van der Waals surface area contributed by atoms with Crippen LogP contribution in [0.3, 0.4) is 0 Å². The zero-order valence-corrected chi connectivity index (χ0v) is 35.0. The molecule has 4 aromatic carbocycles. The van der Waals surface area contributed by atoms with Gasteiger partial charge in [0, 0.05) is 44.0 Å². The molecule has 1 aliphatic heterocycles. The molecule has 0 fully saturated rings. The SMILES string of the molecule is COc1ccc(COC[C@H](C)N2C[C@@H](C)[C@H](CN(C)S(=O)(=O)c3ccc(OC)cc3)OCCCC[C@H](C)Oc3ccc(NC(=O)Nc4ccccc4)cc3C2=O)cc1. The van der Waals surface area contributed by atoms with E-state index in [1.807, 2.05) is 63.2 Å². The van der Waals surface area contributed by atoms with Crippen molar-refractivity contribution in [2.75, 3.05) is 58.2 Å². The lowest BCUT2D eigenvalue weighted by Crippen LogP contribution is -2.48. The summed E-state index contributed by atoms with van der Waals surface area (Å²) in [7, 11) is 0.797. The molecule has 0 aliphatic carbocycles. The fourth-order valence-electron chi connectivity index (χ4n) is 6.62. The summed E-state index contributed by atoms with van der Waals surface area (Å²) in [5.74, 6) is 1.02. The molecule has 4 aromatic rings. The van der Waals surface area contributed by atoms with Crippen molar-refractivity contribution in [3.63, 3.8) is 0 Å². The van der Waals surface area contributed by atoms with Gasteiger partial charge >= 0.3 is 6.03 Å². The normalized spacial score (nSPS) is 18.6. The summed E-state index contributed by atoms with van der Waals surface area (Å²) in [6.07, 6.45) is 1.42. The van der Waals surface area contributed by atoms with Gasteiger partial charge in [-0.15, -0.1) is 0 Å². The Labute approximate surface area is 342 Å². The van der Waals surface area contributed by atoms with Crippen LogP contribution in [0.15, 0.2) is 102 Å². The summed E-state index contributed by atoms with van der Waals surface area (Å²) in [6, 6.07) is 27.1. The Kier molecular flexibility index (Phi) is 15.9. The summed E-state index contributed by atoms with van der Waals surface area (Å²) in [4.78, 5) is 29.8. The number of carbonyl (C=O) groups is 2. The molecule has 5 rings (SSSR count). The third kappa shape index (κ3) is 12.2. The van der Waals surface area contributed by atoms with Gasteiger partial charge in [0.2, 0.25) is 10.0 Å². The average Bonchev–Trinajstić information content (AvgIpc) is 3.22. The van der Waals surface area contributed by atoms with Gasteiger partial charge in [-0.25, -0.2) is 13.2 Å². The predicted molar refractivity (Wildman–Crippen MR) is 224 cm³/mol. The van der Waals surface area contributed by atoms with Gasteiger partial charge in [-0.2, -0.15) is 4.31 Å². The second kappa shape index (κ2) is 21.0. The third-order valence-electron chi connectivity index (χ3n) is 10.1. The summed E-state index contributed by atoms with van der Waals surface area (Å²) in [5.41, 5.74) is 2.24. The monoisotopic (exact) mass is 816 g/mol. The van der Waals surface area contributed by atoms with E-state index in [2.05, 4.69) is 10.6 Å². The van der Waals surface area contributed by atoms with Crippen molar-refractivity contribution in [3.05, 3.63) is 108 Å². The Morgan fingerprint density at radius 3 is 2.22 bits per heavy atom. The smallest absolute Gasteiger partial charge is 0.323 e. The number of rotatable bonds is 13. The van der Waals surface area contributed by atoms with Crippen LogP contribution in [0.2, 0.25) is 0 Å². The molecule has 0 radical (unpaired) electrons. The Balaban J connectivity index is 1.44. The maximum absolute atomic E-state index is 14.9. The second-order valence-electron chi connectivity index (χ2n) is 14.6. The number of ether oxygens (including phenoxy) is 5. The van der Waals surface area contributed by atoms with E-state index in [9.17, 15) is 18.0 Å². The van der Waals surface area contributed by atoms with E-state index in [0.29, 0.717) is 42.5 Å². The third-order valence-corrected chi connectivity index (χ3v) is 11.9. The minimum atomic E-state index is -3.88. The number of carbonyl (C=O) groups excluding carboxylic acids is 2. The van der Waals surface area contributed by atoms with Crippen molar-refractivity contribution in [3.8, 4) is 17.2 Å². The van der Waals surface area contributed by atoms with E-state index in [0.717, 1.165) is 24.2 Å². The van der Waals surface area contributed by atoms with Crippen LogP contribution in [-0.2, 0) is 26.1 Å². The fourth-order valence-corrected chi connectivity index (χ4v) is 7.80. The number of nitrogens with one attached hydrogen (secondary N) is 2. The molecule has 3 amide bonds. The molecule has 0 saturated heterocycles. The van der Waals surface area contributed by atoms with Crippen molar-refractivity contribution in [1.29, 1.82) is 0 Å². The predicted octanol–water partition coefficient (Wildman–Crippen LogP) is 7.69. The molecule has 0 aromatic heterocycles. The summed E-state index contributed by atoms with van der Waals surface area (Å²) < 4.78 is 58.4. The minimum absolute atomic E-state index is 0.0562. The molecule has 14 heteroatoms. The van der Waals surface area contributed by atoms with E-state index >= 15 is 0 Å². The zero-order chi connectivity index (χ0) is 41.7. The Hall–Kier alpha value is -5.15. The highest BCUT2D eigenvalue weighted by atomic mass is 32.2. The van der Waals surface area contributed by atoms with Crippen LogP contribution in [0, 0.1) is 5.92 Å². The van der Waals surface area contributed by atoms with Crippen LogP contribution in [0.4, 0.5) is 16.2 Å². The first-order chi connectivity index (χ1) is 27.9. The quantitative estimate of drug-likeness (QED) is 0.139. The molecule has 4 atom stereocenters. The van der Waals surface area contributed by atoms with E-state index in [-0.39, 0.29) is 48.1 Å². The maximum Gasteiger partial charge on any atom is 0.323 e. The molecular weight excluding hydrogens is 761 g/mol. The number of methoxy groups -OCH3 is 2. The number of hydrogen-bond donors (Lipinski definition) is 2. The largest absolute Gasteiger partial charge is 0.497 e. The lowest BCUT2D eigenvalue weighted by molar-refractivity contribution is -0.0120. The molecule has 0 unspecified atom stereocenters. The number of anilines is 2. The number of para-hydroxylation sites is 1. The van der Waals surface area contributed by atoms with Crippen molar-refractivity contribution in [2.24, 2.45) is 5.92 Å². The number of nitrogens with zero attached hydrogens (tertiary/aromatic N) is 2. The zero-order valence-electron chi connectivity index (χ0n) is 34.2. The second-order valence-corrected chi connectivity index (χ2v) is 16.6. The highest BCUT2D eigenvalue weighted by molar-refractivity contribution is 7.89. The molecule has 13 nitrogen and oxygen atoms in total. The van der Waals surface area contributed by atoms with Crippen LogP contribution < -0.4 is 24.8 Å². The van der Waals surface area contributed by atoms with E-state index in [1.54, 1.807) is 54.5 Å². The average molecular weight is 817 g/mol. The lowest BCUT2D eigenvalue weighted by Gasteiger charge is -2.36. The van der Waals surface area contributed by atoms with Crippen molar-refractivity contribution in [2.45, 2.75) is 69.8 Å².